The minimum absolute atomic E-state index is 0.000312. The van der Waals surface area contributed by atoms with E-state index in [4.69, 9.17) is 25.4 Å². The highest BCUT2D eigenvalue weighted by Gasteiger charge is 2.44. The van der Waals surface area contributed by atoms with Gasteiger partial charge in [-0.25, -0.2) is 14.1 Å². The van der Waals surface area contributed by atoms with Crippen LogP contribution in [0.5, 0.6) is 5.88 Å². The zero-order chi connectivity index (χ0) is 29.0. The van der Waals surface area contributed by atoms with Gasteiger partial charge in [-0.2, -0.15) is 10.2 Å². The molecule has 10 nitrogen and oxygen atoms in total. The van der Waals surface area contributed by atoms with E-state index in [9.17, 15) is 9.18 Å². The summed E-state index contributed by atoms with van der Waals surface area (Å²) >= 11 is 0. The molecular formula is C30H42FN7O3. The minimum Gasteiger partial charge on any atom is -0.479 e. The molecular weight excluding hydrogens is 525 g/mol. The van der Waals surface area contributed by atoms with Crippen molar-refractivity contribution < 1.29 is 18.7 Å². The molecule has 222 valence electrons. The second-order valence-corrected chi connectivity index (χ2v) is 11.2. The van der Waals surface area contributed by atoms with Gasteiger partial charge < -0.3 is 20.1 Å². The van der Waals surface area contributed by atoms with Crippen LogP contribution in [-0.2, 0) is 22.4 Å². The number of halogens is 1. The highest BCUT2D eigenvalue weighted by molar-refractivity contribution is 5.78. The molecule has 3 aromatic heterocycles. The molecule has 3 aromatic rings. The second kappa shape index (κ2) is 12.7. The Morgan fingerprint density at radius 1 is 1.22 bits per heavy atom. The van der Waals surface area contributed by atoms with Crippen molar-refractivity contribution in [3.8, 4) is 22.8 Å². The van der Waals surface area contributed by atoms with Crippen LogP contribution in [0.25, 0.3) is 16.9 Å². The van der Waals surface area contributed by atoms with Crippen molar-refractivity contribution in [1.29, 1.82) is 0 Å². The van der Waals surface area contributed by atoms with Crippen molar-refractivity contribution in [3.05, 3.63) is 41.7 Å². The normalized spacial score (nSPS) is 20.1. The molecule has 0 radical (unpaired) electrons. The molecule has 0 bridgehead atoms. The third kappa shape index (κ3) is 5.74. The SMILES string of the molecule is CCCCCC(n1cc(-c2nn(-c3cnc(OC)c(F)c3)c3c2CCOCC3)cn1)C1(CN)CCN(CC)C(=O)C1. The first kappa shape index (κ1) is 29.2. The van der Waals surface area contributed by atoms with E-state index in [0.29, 0.717) is 44.7 Å². The zero-order valence-electron chi connectivity index (χ0n) is 24.4. The Hall–Kier alpha value is -3.31. The summed E-state index contributed by atoms with van der Waals surface area (Å²) in [6.07, 6.45) is 12.3. The van der Waals surface area contributed by atoms with E-state index in [1.807, 2.05) is 22.7 Å². The van der Waals surface area contributed by atoms with Gasteiger partial charge in [-0.3, -0.25) is 9.48 Å². The van der Waals surface area contributed by atoms with Crippen LogP contribution in [0.1, 0.15) is 69.7 Å². The van der Waals surface area contributed by atoms with Crippen LogP contribution in [0.15, 0.2) is 24.7 Å². The van der Waals surface area contributed by atoms with Crippen molar-refractivity contribution in [2.75, 3.05) is 40.0 Å². The number of fused-ring (bicyclic) bond motifs is 1. The Balaban J connectivity index is 1.53. The van der Waals surface area contributed by atoms with Crippen LogP contribution in [0.2, 0.25) is 0 Å². The lowest BCUT2D eigenvalue weighted by molar-refractivity contribution is -0.139. The minimum atomic E-state index is -0.542. The summed E-state index contributed by atoms with van der Waals surface area (Å²) in [7, 11) is 1.39. The van der Waals surface area contributed by atoms with E-state index in [2.05, 4.69) is 18.1 Å². The number of carbonyl (C=O) groups excluding carboxylic acids is 1. The quantitative estimate of drug-likeness (QED) is 0.347. The maximum Gasteiger partial charge on any atom is 0.250 e. The van der Waals surface area contributed by atoms with Gasteiger partial charge in [0.1, 0.15) is 0 Å². The summed E-state index contributed by atoms with van der Waals surface area (Å²) in [5.41, 5.74) is 10.4. The van der Waals surface area contributed by atoms with Crippen molar-refractivity contribution in [3.63, 3.8) is 0 Å². The molecule has 1 fully saturated rings. The molecule has 5 heterocycles. The molecule has 2 unspecified atom stereocenters. The van der Waals surface area contributed by atoms with E-state index in [-0.39, 0.29) is 23.2 Å². The molecule has 11 heteroatoms. The lowest BCUT2D eigenvalue weighted by Gasteiger charge is -2.45. The van der Waals surface area contributed by atoms with Gasteiger partial charge in [0.05, 0.1) is 55.8 Å². The van der Waals surface area contributed by atoms with E-state index >= 15 is 0 Å². The lowest BCUT2D eigenvalue weighted by Crippen LogP contribution is -2.51. The third-order valence-electron chi connectivity index (χ3n) is 8.81. The number of methoxy groups -OCH3 is 1. The van der Waals surface area contributed by atoms with Gasteiger partial charge in [-0.1, -0.05) is 26.2 Å². The summed E-state index contributed by atoms with van der Waals surface area (Å²) in [4.78, 5) is 19.1. The summed E-state index contributed by atoms with van der Waals surface area (Å²) in [5.74, 6) is -0.427. The van der Waals surface area contributed by atoms with Crippen LogP contribution < -0.4 is 10.5 Å². The standard InChI is InChI=1S/C30H42FN7O3/c1-4-6-7-8-26(30(20-32)11-12-36(5-2)27(39)16-30)37-19-21(17-34-37)28-23-9-13-41-14-10-25(23)38(35-28)22-15-24(31)29(40-3)33-18-22/h15,17-19,26H,4-14,16,20,32H2,1-3H3. The highest BCUT2D eigenvalue weighted by Crippen LogP contribution is 2.44. The van der Waals surface area contributed by atoms with Gasteiger partial charge in [0.15, 0.2) is 5.82 Å². The number of nitrogens with zero attached hydrogens (tertiary/aromatic N) is 6. The number of carbonyl (C=O) groups is 1. The third-order valence-corrected chi connectivity index (χ3v) is 8.81. The lowest BCUT2D eigenvalue weighted by atomic mass is 9.70. The molecule has 2 aliphatic rings. The number of ether oxygens (including phenoxy) is 2. The monoisotopic (exact) mass is 567 g/mol. The molecule has 1 saturated heterocycles. The molecule has 0 saturated carbocycles. The predicted octanol–water partition coefficient (Wildman–Crippen LogP) is 4.10. The smallest absolute Gasteiger partial charge is 0.250 e. The average molecular weight is 568 g/mol. The van der Waals surface area contributed by atoms with Crippen LogP contribution in [0.4, 0.5) is 4.39 Å². The largest absolute Gasteiger partial charge is 0.479 e. The molecule has 5 rings (SSSR count). The summed E-state index contributed by atoms with van der Waals surface area (Å²) in [6.45, 7) is 7.23. The first-order valence-corrected chi connectivity index (χ1v) is 14.9. The number of piperidine rings is 1. The van der Waals surface area contributed by atoms with Gasteiger partial charge >= 0.3 is 0 Å². The van der Waals surface area contributed by atoms with Crippen LogP contribution >= 0.6 is 0 Å². The van der Waals surface area contributed by atoms with E-state index in [1.165, 1.54) is 13.2 Å². The number of rotatable bonds is 11. The Bertz CT molecular complexity index is 1360. The van der Waals surface area contributed by atoms with E-state index in [1.54, 1.807) is 10.9 Å². The number of hydrogen-bond acceptors (Lipinski definition) is 7. The van der Waals surface area contributed by atoms with Crippen LogP contribution in [-0.4, -0.2) is 75.3 Å². The average Bonchev–Trinajstić information content (AvgIpc) is 3.52. The Morgan fingerprint density at radius 3 is 2.76 bits per heavy atom. The molecule has 41 heavy (non-hydrogen) atoms. The zero-order valence-corrected chi connectivity index (χ0v) is 24.4. The number of nitrogens with two attached hydrogens (primary N) is 1. The fourth-order valence-electron chi connectivity index (χ4n) is 6.43. The first-order chi connectivity index (χ1) is 19.9. The number of hydrogen-bond donors (Lipinski definition) is 1. The number of likely N-dealkylation sites (tertiary alicyclic amines) is 1. The highest BCUT2D eigenvalue weighted by atomic mass is 19.1. The molecule has 0 aliphatic carbocycles. The fraction of sp³-hybridized carbons (Fsp3) is 0.600. The van der Waals surface area contributed by atoms with Gasteiger partial charge in [-0.15, -0.1) is 0 Å². The van der Waals surface area contributed by atoms with Gasteiger partial charge in [0, 0.05) is 61.3 Å². The number of unbranched alkanes of at least 4 members (excludes halogenated alkanes) is 2. The molecule has 0 spiro atoms. The Labute approximate surface area is 241 Å². The molecule has 2 aliphatic heterocycles. The summed E-state index contributed by atoms with van der Waals surface area (Å²) in [6, 6.07) is 1.40. The van der Waals surface area contributed by atoms with E-state index < -0.39 is 5.82 Å². The summed E-state index contributed by atoms with van der Waals surface area (Å²) in [5, 5.41) is 9.84. The van der Waals surface area contributed by atoms with Crippen molar-refractivity contribution >= 4 is 5.91 Å². The van der Waals surface area contributed by atoms with Gasteiger partial charge in [0.25, 0.3) is 0 Å². The van der Waals surface area contributed by atoms with Crippen molar-refractivity contribution in [1.82, 2.24) is 29.4 Å². The summed E-state index contributed by atoms with van der Waals surface area (Å²) < 4.78 is 29.2. The topological polar surface area (TPSA) is 113 Å². The molecule has 2 N–H and O–H groups in total. The Kier molecular flexibility index (Phi) is 9.03. The maximum atomic E-state index is 14.6. The van der Waals surface area contributed by atoms with Gasteiger partial charge in [0.2, 0.25) is 11.8 Å². The number of amides is 1. The molecule has 2 atom stereocenters. The maximum absolute atomic E-state index is 14.6. The Morgan fingerprint density at radius 2 is 2.05 bits per heavy atom. The number of pyridine rings is 1. The van der Waals surface area contributed by atoms with Crippen LogP contribution in [0.3, 0.4) is 0 Å². The predicted molar refractivity (Wildman–Crippen MR) is 153 cm³/mol. The second-order valence-electron chi connectivity index (χ2n) is 11.2. The first-order valence-electron chi connectivity index (χ1n) is 14.9. The molecule has 0 aromatic carbocycles. The number of aromatic nitrogens is 5. The van der Waals surface area contributed by atoms with Crippen LogP contribution in [0, 0.1) is 11.2 Å². The molecule has 1 amide bonds. The van der Waals surface area contributed by atoms with Gasteiger partial charge in [-0.05, 0) is 26.2 Å². The van der Waals surface area contributed by atoms with E-state index in [0.717, 1.165) is 67.7 Å². The van der Waals surface area contributed by atoms with Crippen molar-refractivity contribution in [2.24, 2.45) is 11.1 Å². The van der Waals surface area contributed by atoms with Crippen molar-refractivity contribution in [2.45, 2.75) is 71.3 Å². The fourth-order valence-corrected chi connectivity index (χ4v) is 6.43.